The van der Waals surface area contributed by atoms with Gasteiger partial charge in [0.15, 0.2) is 0 Å². The summed E-state index contributed by atoms with van der Waals surface area (Å²) in [6.45, 7) is 4.39. The zero-order valence-electron chi connectivity index (χ0n) is 25.4. The number of phenolic OH excluding ortho intramolecular Hbond substituents is 1. The van der Waals surface area contributed by atoms with Crippen LogP contribution >= 0.6 is 0 Å². The number of hydrogen-bond acceptors (Lipinski definition) is 3. The minimum absolute atomic E-state index is 0. The van der Waals surface area contributed by atoms with Gasteiger partial charge < -0.3 is 5.11 Å². The van der Waals surface area contributed by atoms with Crippen LogP contribution in [0.5, 0.6) is 5.75 Å². The van der Waals surface area contributed by atoms with Crippen molar-refractivity contribution in [1.29, 1.82) is 0 Å². The van der Waals surface area contributed by atoms with Gasteiger partial charge in [0.05, 0.1) is 11.2 Å². The Hall–Kier alpha value is -5.05. The average molecular weight is 776 g/mol. The van der Waals surface area contributed by atoms with E-state index in [9.17, 15) is 5.11 Å². The SMILES string of the molecule is CC(C)(c1[c-]c(-c2ccc3c4ccccc4n(-c4ccccc4O)c3n2)ccc1)c1cc(-c2ccc3ccccc3c2)ccn1.[Pt]. The zero-order chi connectivity index (χ0) is 30.5. The van der Waals surface area contributed by atoms with Gasteiger partial charge in [-0.15, -0.1) is 35.4 Å². The number of aromatic hydroxyl groups is 1. The molecule has 0 saturated carbocycles. The summed E-state index contributed by atoms with van der Waals surface area (Å²) in [7, 11) is 0. The molecule has 0 aliphatic heterocycles. The molecule has 5 heteroatoms. The molecular weight excluding hydrogens is 746 g/mol. The van der Waals surface area contributed by atoms with E-state index in [1.807, 2.05) is 41.1 Å². The fourth-order valence-electron chi connectivity index (χ4n) is 6.33. The average Bonchev–Trinajstić information content (AvgIpc) is 3.42. The molecule has 3 aromatic heterocycles. The minimum atomic E-state index is -0.405. The van der Waals surface area contributed by atoms with Gasteiger partial charge >= 0.3 is 0 Å². The van der Waals surface area contributed by atoms with Crippen molar-refractivity contribution in [1.82, 2.24) is 14.5 Å². The number of aromatic nitrogens is 3. The van der Waals surface area contributed by atoms with Crippen molar-refractivity contribution >= 4 is 32.7 Å². The number of benzene rings is 5. The number of rotatable bonds is 5. The molecule has 5 aromatic carbocycles. The van der Waals surface area contributed by atoms with Gasteiger partial charge in [0.1, 0.15) is 11.4 Å². The first-order valence-corrected chi connectivity index (χ1v) is 15.1. The molecule has 0 saturated heterocycles. The summed E-state index contributed by atoms with van der Waals surface area (Å²) < 4.78 is 2.04. The number of fused-ring (bicyclic) bond motifs is 4. The fourth-order valence-corrected chi connectivity index (χ4v) is 6.33. The van der Waals surface area contributed by atoms with Gasteiger partial charge in [0, 0.05) is 49.1 Å². The van der Waals surface area contributed by atoms with Crippen molar-refractivity contribution in [3.63, 3.8) is 0 Å². The quantitative estimate of drug-likeness (QED) is 0.177. The molecule has 0 unspecified atom stereocenters. The Labute approximate surface area is 282 Å². The summed E-state index contributed by atoms with van der Waals surface area (Å²) in [5.41, 5.74) is 8.12. The largest absolute Gasteiger partial charge is 0.506 e. The van der Waals surface area contributed by atoms with Crippen molar-refractivity contribution in [2.75, 3.05) is 0 Å². The first-order valence-electron chi connectivity index (χ1n) is 15.1. The maximum atomic E-state index is 10.8. The van der Waals surface area contributed by atoms with Crippen LogP contribution in [0.3, 0.4) is 0 Å². The van der Waals surface area contributed by atoms with E-state index >= 15 is 0 Å². The van der Waals surface area contributed by atoms with Crippen LogP contribution in [0.15, 0.2) is 140 Å². The Balaban J connectivity index is 0.00000338. The second-order valence-electron chi connectivity index (χ2n) is 12.0. The van der Waals surface area contributed by atoms with E-state index < -0.39 is 5.41 Å². The number of phenols is 1. The third kappa shape index (κ3) is 5.00. The van der Waals surface area contributed by atoms with Crippen LogP contribution in [0.4, 0.5) is 0 Å². The molecule has 226 valence electrons. The van der Waals surface area contributed by atoms with E-state index in [0.717, 1.165) is 50.0 Å². The topological polar surface area (TPSA) is 50.9 Å². The molecule has 0 aliphatic carbocycles. The molecular formula is C41H30N3OPt-. The second kappa shape index (κ2) is 11.7. The van der Waals surface area contributed by atoms with E-state index in [4.69, 9.17) is 9.97 Å². The van der Waals surface area contributed by atoms with E-state index in [-0.39, 0.29) is 26.8 Å². The molecule has 0 radical (unpaired) electrons. The van der Waals surface area contributed by atoms with Crippen LogP contribution in [-0.4, -0.2) is 19.6 Å². The number of para-hydroxylation sites is 3. The maximum absolute atomic E-state index is 10.8. The van der Waals surface area contributed by atoms with E-state index in [2.05, 4.69) is 117 Å². The van der Waals surface area contributed by atoms with Crippen LogP contribution < -0.4 is 0 Å². The first-order chi connectivity index (χ1) is 22.0. The van der Waals surface area contributed by atoms with Crippen molar-refractivity contribution in [3.05, 3.63) is 157 Å². The van der Waals surface area contributed by atoms with Crippen LogP contribution in [0.2, 0.25) is 0 Å². The predicted octanol–water partition coefficient (Wildman–Crippen LogP) is 9.89. The zero-order valence-corrected chi connectivity index (χ0v) is 27.7. The van der Waals surface area contributed by atoms with Gasteiger partial charge in [0.25, 0.3) is 0 Å². The third-order valence-electron chi connectivity index (χ3n) is 8.87. The Morgan fingerprint density at radius 1 is 0.674 bits per heavy atom. The van der Waals surface area contributed by atoms with Gasteiger partial charge in [0.2, 0.25) is 0 Å². The van der Waals surface area contributed by atoms with Crippen LogP contribution in [-0.2, 0) is 26.5 Å². The van der Waals surface area contributed by atoms with E-state index in [1.165, 1.54) is 16.3 Å². The molecule has 46 heavy (non-hydrogen) atoms. The van der Waals surface area contributed by atoms with Crippen LogP contribution in [0.25, 0.3) is 60.8 Å². The van der Waals surface area contributed by atoms with Crippen molar-refractivity contribution in [2.24, 2.45) is 0 Å². The van der Waals surface area contributed by atoms with Crippen molar-refractivity contribution in [3.8, 4) is 33.8 Å². The summed E-state index contributed by atoms with van der Waals surface area (Å²) in [4.78, 5) is 10.0. The third-order valence-corrected chi connectivity index (χ3v) is 8.87. The van der Waals surface area contributed by atoms with Gasteiger partial charge in [-0.3, -0.25) is 14.5 Å². The molecule has 0 amide bonds. The number of hydrogen-bond donors (Lipinski definition) is 1. The van der Waals surface area contributed by atoms with Gasteiger partial charge in [-0.2, -0.15) is 0 Å². The molecule has 0 spiro atoms. The Morgan fingerprint density at radius 2 is 1.43 bits per heavy atom. The smallest absolute Gasteiger partial charge is 0.139 e. The summed E-state index contributed by atoms with van der Waals surface area (Å²) >= 11 is 0. The molecule has 0 atom stereocenters. The summed E-state index contributed by atoms with van der Waals surface area (Å²) in [5, 5.41) is 15.4. The van der Waals surface area contributed by atoms with Gasteiger partial charge in [-0.05, 0) is 64.0 Å². The molecule has 3 heterocycles. The second-order valence-corrected chi connectivity index (χ2v) is 12.0. The predicted molar refractivity (Wildman–Crippen MR) is 184 cm³/mol. The molecule has 8 aromatic rings. The molecule has 8 rings (SSSR count). The fraction of sp³-hybridized carbons (Fsp3) is 0.0732. The first kappa shape index (κ1) is 29.6. The van der Waals surface area contributed by atoms with Gasteiger partial charge in [-0.25, -0.2) is 0 Å². The van der Waals surface area contributed by atoms with Crippen LogP contribution in [0, 0.1) is 6.07 Å². The normalized spacial score (nSPS) is 11.6. The molecule has 0 aliphatic rings. The maximum Gasteiger partial charge on any atom is 0.139 e. The Morgan fingerprint density at radius 3 is 2.30 bits per heavy atom. The van der Waals surface area contributed by atoms with Crippen molar-refractivity contribution in [2.45, 2.75) is 19.3 Å². The molecule has 0 bridgehead atoms. The van der Waals surface area contributed by atoms with Crippen molar-refractivity contribution < 1.29 is 26.2 Å². The van der Waals surface area contributed by atoms with E-state index in [0.29, 0.717) is 5.69 Å². The molecule has 1 N–H and O–H groups in total. The summed E-state index contributed by atoms with van der Waals surface area (Å²) in [6, 6.07) is 49.0. The minimum Gasteiger partial charge on any atom is -0.506 e. The summed E-state index contributed by atoms with van der Waals surface area (Å²) in [6.07, 6.45) is 1.90. The summed E-state index contributed by atoms with van der Waals surface area (Å²) in [5.74, 6) is 0.209. The Kier molecular flexibility index (Phi) is 7.55. The molecule has 4 nitrogen and oxygen atoms in total. The van der Waals surface area contributed by atoms with Gasteiger partial charge in [-0.1, -0.05) is 92.7 Å². The number of nitrogens with zero attached hydrogens (tertiary/aromatic N) is 3. The standard InChI is InChI=1S/C41H30N3O.Pt/c1-41(2,39-26-30(22-23-42-39)29-19-18-27-10-3-4-11-28(27)24-29)32-13-9-12-31(25-32)35-21-20-34-33-14-5-6-15-36(33)44(40(34)43-35)37-16-7-8-17-38(37)45;/h3-24,26,45H,1-2H3;/q-1;. The number of pyridine rings is 2. The Bertz CT molecular complexity index is 2390. The van der Waals surface area contributed by atoms with Crippen LogP contribution in [0.1, 0.15) is 25.1 Å². The van der Waals surface area contributed by atoms with E-state index in [1.54, 1.807) is 6.07 Å². The monoisotopic (exact) mass is 775 g/mol. The molecule has 0 fully saturated rings.